The van der Waals surface area contributed by atoms with E-state index in [1.807, 2.05) is 0 Å². The van der Waals surface area contributed by atoms with Crippen LogP contribution in [-0.2, 0) is 23.7 Å². The lowest BCUT2D eigenvalue weighted by Crippen LogP contribution is -2.34. The van der Waals surface area contributed by atoms with Gasteiger partial charge in [0, 0.05) is 16.7 Å². The Bertz CT molecular complexity index is 500. The molecule has 2 N–H and O–H groups in total. The molecule has 116 valence electrons. The van der Waals surface area contributed by atoms with Crippen molar-refractivity contribution in [1.29, 1.82) is 0 Å². The Labute approximate surface area is 121 Å². The number of methoxy groups -OCH3 is 1. The summed E-state index contributed by atoms with van der Waals surface area (Å²) in [7, 11) is 1.26. The third-order valence-electron chi connectivity index (χ3n) is 3.29. The molecule has 0 aromatic carbocycles. The number of hydrogen-bond donors (Lipinski definition) is 1. The monoisotopic (exact) mass is 298 g/mol. The van der Waals surface area contributed by atoms with Gasteiger partial charge in [0.15, 0.2) is 5.79 Å². The smallest absolute Gasteiger partial charge is 0.332 e. The number of azide groups is 1. The van der Waals surface area contributed by atoms with Crippen LogP contribution in [0.3, 0.4) is 0 Å². The van der Waals surface area contributed by atoms with Crippen LogP contribution in [0.2, 0.25) is 0 Å². The van der Waals surface area contributed by atoms with E-state index in [-0.39, 0.29) is 12.2 Å². The Morgan fingerprint density at radius 2 is 2.14 bits per heavy atom. The summed E-state index contributed by atoms with van der Waals surface area (Å²) >= 11 is 0. The second-order valence-electron chi connectivity index (χ2n) is 5.24. The van der Waals surface area contributed by atoms with E-state index < -0.39 is 36.2 Å². The first-order chi connectivity index (χ1) is 9.88. The summed E-state index contributed by atoms with van der Waals surface area (Å²) in [5.74, 6) is -1.37. The molecule has 2 heterocycles. The van der Waals surface area contributed by atoms with Crippen LogP contribution in [0, 0.1) is 0 Å². The molecule has 0 saturated carbocycles. The summed E-state index contributed by atoms with van der Waals surface area (Å²) in [4.78, 5) is 14.0. The van der Waals surface area contributed by atoms with Gasteiger partial charge in [-0.2, -0.15) is 0 Å². The van der Waals surface area contributed by atoms with Gasteiger partial charge in [0.25, 0.3) is 0 Å². The highest BCUT2D eigenvalue weighted by atomic mass is 16.8. The maximum absolute atomic E-state index is 11.3. The fourth-order valence-electron chi connectivity index (χ4n) is 2.49. The highest BCUT2D eigenvalue weighted by Gasteiger charge is 2.55. The summed E-state index contributed by atoms with van der Waals surface area (Å²) < 4.78 is 21.8. The number of nitrogens with zero attached hydrogens (tertiary/aromatic N) is 3. The van der Waals surface area contributed by atoms with Crippen molar-refractivity contribution in [3.63, 3.8) is 0 Å². The summed E-state index contributed by atoms with van der Waals surface area (Å²) in [5.41, 5.74) is 14.5. The number of rotatable bonds is 4. The normalized spacial score (nSPS) is 34.1. The molecular formula is C12H18N4O5. The van der Waals surface area contributed by atoms with Gasteiger partial charge in [0.05, 0.1) is 19.8 Å². The molecule has 2 rings (SSSR count). The number of carbonyl (C=O) groups excluding carboxylic acids is 1. The van der Waals surface area contributed by atoms with E-state index in [1.165, 1.54) is 7.11 Å². The molecule has 2 saturated heterocycles. The molecule has 0 aromatic heterocycles. The van der Waals surface area contributed by atoms with Crippen LogP contribution in [-0.4, -0.2) is 49.8 Å². The lowest BCUT2D eigenvalue weighted by Gasteiger charge is -2.23. The third kappa shape index (κ3) is 3.27. The van der Waals surface area contributed by atoms with Gasteiger partial charge >= 0.3 is 5.97 Å². The van der Waals surface area contributed by atoms with Gasteiger partial charge in [-0.15, -0.1) is 0 Å². The van der Waals surface area contributed by atoms with Crippen molar-refractivity contribution >= 4 is 5.97 Å². The Balaban J connectivity index is 2.21. The van der Waals surface area contributed by atoms with Crippen molar-refractivity contribution in [1.82, 2.24) is 0 Å². The SMILES string of the molecule is COC(=O)/C=C(/N)[C@@H]1O[C@H](CN=[N+]=[N-])[C@H]2OC(C)(C)OC12. The minimum absolute atomic E-state index is 0.0963. The number of fused-ring (bicyclic) bond motifs is 1. The second-order valence-corrected chi connectivity index (χ2v) is 5.24. The highest BCUT2D eigenvalue weighted by molar-refractivity contribution is 5.82. The first kappa shape index (κ1) is 15.6. The fraction of sp³-hybridized carbons (Fsp3) is 0.750. The Morgan fingerprint density at radius 1 is 1.48 bits per heavy atom. The van der Waals surface area contributed by atoms with Crippen molar-refractivity contribution in [2.45, 2.75) is 44.1 Å². The quantitative estimate of drug-likeness (QED) is 0.266. The van der Waals surface area contributed by atoms with Crippen LogP contribution in [0.5, 0.6) is 0 Å². The first-order valence-corrected chi connectivity index (χ1v) is 6.45. The number of nitrogens with two attached hydrogens (primary N) is 1. The van der Waals surface area contributed by atoms with Gasteiger partial charge < -0.3 is 24.7 Å². The highest BCUT2D eigenvalue weighted by Crippen LogP contribution is 2.40. The molecule has 1 unspecified atom stereocenters. The number of esters is 1. The molecular weight excluding hydrogens is 280 g/mol. The average molecular weight is 298 g/mol. The van der Waals surface area contributed by atoms with Crippen LogP contribution in [0.1, 0.15) is 13.8 Å². The minimum Gasteiger partial charge on any atom is -0.466 e. The third-order valence-corrected chi connectivity index (χ3v) is 3.29. The van der Waals surface area contributed by atoms with Gasteiger partial charge in [-0.25, -0.2) is 4.79 Å². The van der Waals surface area contributed by atoms with Crippen molar-refractivity contribution < 1.29 is 23.7 Å². The molecule has 0 aliphatic carbocycles. The number of hydrogen-bond acceptors (Lipinski definition) is 7. The summed E-state index contributed by atoms with van der Waals surface area (Å²) in [6.45, 7) is 3.64. The average Bonchev–Trinajstić information content (AvgIpc) is 2.89. The topological polar surface area (TPSA) is 129 Å². The largest absolute Gasteiger partial charge is 0.466 e. The van der Waals surface area contributed by atoms with E-state index >= 15 is 0 Å². The molecule has 0 aromatic rings. The fourth-order valence-corrected chi connectivity index (χ4v) is 2.49. The van der Waals surface area contributed by atoms with Crippen molar-refractivity contribution in [2.75, 3.05) is 13.7 Å². The van der Waals surface area contributed by atoms with Crippen LogP contribution < -0.4 is 5.73 Å². The van der Waals surface area contributed by atoms with Crippen molar-refractivity contribution in [3.05, 3.63) is 22.2 Å². The number of ether oxygens (including phenoxy) is 4. The van der Waals surface area contributed by atoms with Gasteiger partial charge in [-0.05, 0) is 19.4 Å². The molecule has 9 nitrogen and oxygen atoms in total. The predicted octanol–water partition coefficient (Wildman–Crippen LogP) is 0.600. The molecule has 0 amide bonds. The Kier molecular flexibility index (Phi) is 4.38. The van der Waals surface area contributed by atoms with Crippen LogP contribution in [0.25, 0.3) is 10.4 Å². The predicted molar refractivity (Wildman–Crippen MR) is 70.8 cm³/mol. The molecule has 2 aliphatic heterocycles. The van der Waals surface area contributed by atoms with Gasteiger partial charge in [0.2, 0.25) is 0 Å². The van der Waals surface area contributed by atoms with E-state index in [1.54, 1.807) is 13.8 Å². The lowest BCUT2D eigenvalue weighted by atomic mass is 10.1. The standard InChI is InChI=1S/C12H18N4O5/c1-12(2)20-10-7(5-15-16-14)19-9(11(10)21-12)6(13)4-8(17)18-3/h4,7,9-11H,5,13H2,1-3H3/b6-4+/t7-,9+,10-,11?/m1/s1. The molecule has 21 heavy (non-hydrogen) atoms. The summed E-state index contributed by atoms with van der Waals surface area (Å²) in [6.07, 6.45) is -0.885. The van der Waals surface area contributed by atoms with Crippen molar-refractivity contribution in [2.24, 2.45) is 10.8 Å². The molecule has 0 spiro atoms. The maximum Gasteiger partial charge on any atom is 0.332 e. The molecule has 0 bridgehead atoms. The molecule has 0 radical (unpaired) electrons. The summed E-state index contributed by atoms with van der Waals surface area (Å²) in [5, 5.41) is 3.50. The minimum atomic E-state index is -0.794. The van der Waals surface area contributed by atoms with Crippen LogP contribution >= 0.6 is 0 Å². The molecule has 2 aliphatic rings. The van der Waals surface area contributed by atoms with E-state index in [0.29, 0.717) is 0 Å². The van der Waals surface area contributed by atoms with Crippen LogP contribution in [0.15, 0.2) is 16.9 Å². The first-order valence-electron chi connectivity index (χ1n) is 6.45. The van der Waals surface area contributed by atoms with Crippen molar-refractivity contribution in [3.8, 4) is 0 Å². The van der Waals surface area contributed by atoms with Gasteiger partial charge in [-0.3, -0.25) is 0 Å². The lowest BCUT2D eigenvalue weighted by molar-refractivity contribution is -0.182. The zero-order valence-electron chi connectivity index (χ0n) is 12.1. The molecule has 2 fully saturated rings. The van der Waals surface area contributed by atoms with Gasteiger partial charge in [0.1, 0.15) is 18.3 Å². The Morgan fingerprint density at radius 3 is 2.76 bits per heavy atom. The number of carbonyl (C=O) groups is 1. The Hall–Kier alpha value is -1.80. The zero-order chi connectivity index (χ0) is 15.6. The summed E-state index contributed by atoms with van der Waals surface area (Å²) in [6, 6.07) is 0. The van der Waals surface area contributed by atoms with E-state index in [9.17, 15) is 4.79 Å². The van der Waals surface area contributed by atoms with Gasteiger partial charge in [-0.1, -0.05) is 5.11 Å². The maximum atomic E-state index is 11.3. The molecule has 4 atom stereocenters. The van der Waals surface area contributed by atoms with E-state index in [2.05, 4.69) is 14.8 Å². The second kappa shape index (κ2) is 5.90. The van der Waals surface area contributed by atoms with E-state index in [0.717, 1.165) is 6.08 Å². The van der Waals surface area contributed by atoms with E-state index in [4.69, 9.17) is 25.5 Å². The van der Waals surface area contributed by atoms with Crippen LogP contribution in [0.4, 0.5) is 0 Å². The molecule has 9 heteroatoms. The zero-order valence-corrected chi connectivity index (χ0v) is 12.1.